The monoisotopic (exact) mass is 1190 g/mol. The second kappa shape index (κ2) is 28.8. The topological polar surface area (TPSA) is 273 Å². The van der Waals surface area contributed by atoms with Gasteiger partial charge in [0.15, 0.2) is 17.3 Å². The van der Waals surface area contributed by atoms with E-state index in [1.807, 2.05) is 13.8 Å². The maximum atomic E-state index is 16.7. The number of carbonyl (C=O) groups is 7. The normalized spacial score (nSPS) is 13.1. The first kappa shape index (κ1) is 59.1. The number of hydrogen-bond donors (Lipinski definition) is 7. The van der Waals surface area contributed by atoms with E-state index in [1.54, 1.807) is 103 Å². The second-order valence-electron chi connectivity index (χ2n) is 18.3. The zero-order valence-corrected chi connectivity index (χ0v) is 46.3. The minimum absolute atomic E-state index is 0.00546. The molecule has 3 aromatic carbocycles. The minimum Gasteiger partial charge on any atom is -0.219 e. The molecule has 3 heterocycles. The summed E-state index contributed by atoms with van der Waals surface area (Å²) in [6.07, 6.45) is 3.32. The van der Waals surface area contributed by atoms with Crippen molar-refractivity contribution in [3.05, 3.63) is 114 Å². The molecule has 0 unspecified atom stereocenters. The van der Waals surface area contributed by atoms with Crippen LogP contribution in [0.2, 0.25) is 0 Å². The molecular formula is C53H64FIN10O11S. The van der Waals surface area contributed by atoms with Gasteiger partial charge in [-0.25, -0.2) is 4.98 Å². The van der Waals surface area contributed by atoms with Gasteiger partial charge in [0.25, 0.3) is 5.91 Å². The number of nitrogens with one attached hydrogen (secondary N) is 6. The summed E-state index contributed by atoms with van der Waals surface area (Å²) in [4.78, 5) is 95.4. The number of benzene rings is 3. The summed E-state index contributed by atoms with van der Waals surface area (Å²) in [6, 6.07) is 19.1. The van der Waals surface area contributed by atoms with E-state index in [9.17, 15) is 33.6 Å². The van der Waals surface area contributed by atoms with Crippen molar-refractivity contribution in [1.82, 2.24) is 28.3 Å². The summed E-state index contributed by atoms with van der Waals surface area (Å²) < 4.78 is 36.7. The van der Waals surface area contributed by atoms with Gasteiger partial charge in [-0.3, -0.25) is 14.4 Å². The number of aromatic nitrogens is 3. The molecule has 1 aliphatic rings. The summed E-state index contributed by atoms with van der Waals surface area (Å²) in [5.41, 5.74) is 4.31. The quantitative estimate of drug-likeness (QED) is 0.00399. The number of aliphatic carboxylic acids is 1. The molecule has 1 atom stereocenters. The van der Waals surface area contributed by atoms with Gasteiger partial charge in [-0.05, 0) is 54.5 Å². The van der Waals surface area contributed by atoms with Crippen LogP contribution >= 0.6 is 31.9 Å². The Kier molecular flexibility index (Phi) is 22.1. The van der Waals surface area contributed by atoms with Gasteiger partial charge < -0.3 is 21.1 Å². The first-order chi connectivity index (χ1) is 36.9. The average molecular weight is 1200 g/mol. The van der Waals surface area contributed by atoms with Crippen molar-refractivity contribution in [2.24, 2.45) is 5.92 Å². The molecule has 0 saturated carbocycles. The van der Waals surface area contributed by atoms with Gasteiger partial charge >= 0.3 is 232 Å². The van der Waals surface area contributed by atoms with E-state index in [1.165, 1.54) is 16.3 Å². The first-order valence-corrected chi connectivity index (χ1v) is 29.9. The van der Waals surface area contributed by atoms with Crippen LogP contribution in [-0.2, 0) is 40.0 Å². The van der Waals surface area contributed by atoms with Gasteiger partial charge in [-0.15, -0.1) is 0 Å². The van der Waals surface area contributed by atoms with Crippen molar-refractivity contribution in [3.8, 4) is 0 Å². The van der Waals surface area contributed by atoms with E-state index < -0.39 is 55.8 Å². The van der Waals surface area contributed by atoms with Crippen LogP contribution in [0.5, 0.6) is 0 Å². The number of amides is 6. The molecule has 1 saturated heterocycles. The summed E-state index contributed by atoms with van der Waals surface area (Å²) in [6.45, 7) is 12.3. The van der Waals surface area contributed by atoms with E-state index in [0.717, 1.165) is 11.6 Å². The van der Waals surface area contributed by atoms with Gasteiger partial charge in [0.05, 0.1) is 12.6 Å². The van der Waals surface area contributed by atoms with Crippen LogP contribution in [-0.4, -0.2) is 120 Å². The van der Waals surface area contributed by atoms with E-state index >= 15 is 4.39 Å². The molecule has 1 fully saturated rings. The molecule has 0 spiro atoms. The molecule has 6 amide bonds. The van der Waals surface area contributed by atoms with E-state index in [4.69, 9.17) is 24.3 Å². The van der Waals surface area contributed by atoms with Gasteiger partial charge in [-0.1, -0.05) is 38.3 Å². The summed E-state index contributed by atoms with van der Waals surface area (Å²) in [5, 5.41) is 27.5. The van der Waals surface area contributed by atoms with Crippen molar-refractivity contribution >= 4 is 106 Å². The molecule has 412 valence electrons. The molecule has 0 bridgehead atoms. The third-order valence-electron chi connectivity index (χ3n) is 11.8. The third kappa shape index (κ3) is 17.7. The fraction of sp³-hybridized carbons (Fsp3) is 0.377. The number of anilines is 5. The molecule has 77 heavy (non-hydrogen) atoms. The van der Waals surface area contributed by atoms with Crippen molar-refractivity contribution in [1.29, 1.82) is 0 Å². The number of carbonyl (C=O) groups excluding carboxylic acids is 6. The number of carboxylic acids is 1. The molecule has 0 radical (unpaired) electrons. The third-order valence-corrected chi connectivity index (χ3v) is 16.2. The number of likely N-dealkylation sites (tertiary alicyclic amines) is 1. The van der Waals surface area contributed by atoms with Gasteiger partial charge in [0.1, 0.15) is 5.03 Å². The van der Waals surface area contributed by atoms with Gasteiger partial charge in [0.2, 0.25) is 5.91 Å². The Morgan fingerprint density at radius 1 is 0.857 bits per heavy atom. The fourth-order valence-electron chi connectivity index (χ4n) is 7.56. The number of rotatable bonds is 26. The van der Waals surface area contributed by atoms with E-state index in [-0.39, 0.29) is 89.5 Å². The van der Waals surface area contributed by atoms with Crippen molar-refractivity contribution in [3.63, 3.8) is 0 Å². The minimum atomic E-state index is -2.75. The van der Waals surface area contributed by atoms with Crippen LogP contribution in [0.25, 0.3) is 5.65 Å². The first-order valence-electron chi connectivity index (χ1n) is 24.7. The number of thioether (sulfide) groups is 1. The van der Waals surface area contributed by atoms with E-state index in [0.29, 0.717) is 65.5 Å². The maximum absolute atomic E-state index is 16.7. The SMILES string of the molecule is C=CC(=O)Nc1ccc(C(=O)Nc2cccc(Nc3c(F)c(SC4CCN(C(=O)OCc5ccc(NC(=O)I(C)NC(=O)[C@@H](NC(=O)CCOCCOCCC(=O)O)C(C)C)cc5)CC4)nc4c(C(C)C)cnn34)c2)cc1. The molecular weight excluding hydrogens is 1130 g/mol. The van der Waals surface area contributed by atoms with Crippen LogP contribution in [0.1, 0.15) is 80.8 Å². The molecule has 21 nitrogen and oxygen atoms in total. The summed E-state index contributed by atoms with van der Waals surface area (Å²) in [7, 11) is 0. The number of halogens is 2. The Morgan fingerprint density at radius 2 is 1.51 bits per heavy atom. The number of carboxylic acid groups (broad SMARTS) is 1. The number of ether oxygens (including phenoxy) is 3. The Morgan fingerprint density at radius 3 is 2.16 bits per heavy atom. The van der Waals surface area contributed by atoms with Crippen LogP contribution in [0.4, 0.5) is 42.5 Å². The molecule has 24 heteroatoms. The van der Waals surface area contributed by atoms with Crippen molar-refractivity contribution < 1.29 is 57.3 Å². The number of alkyl halides is 1. The standard InChI is InChI=1S/C53H64FIN10O11S/c1-7-42(66)57-36-17-13-35(14-18-36)49(70)59-39-10-8-9-38(29-39)58-48-45(54)51(62-47-41(32(2)3)30-56-65(47)48)77-40-19-23-64(24-20-40)53(73)76-31-34-11-15-37(16-12-34)60-52(72)55(6)63-50(71)46(33(4)5)61-43(67)21-25-74-27-28-75-26-22-44(68)69/h7-18,29-30,32-33,40,46,58H,1,19-28,31H2,2-6H3,(H,57,66)(H,59,70)(H,60,72)(H,61,67)(H,63,71)(H,68,69)/t46-/m0/s1. The number of hydrogen-bond acceptors (Lipinski definition) is 14. The number of fused-ring (bicyclic) bond motifs is 1. The van der Waals surface area contributed by atoms with Crippen LogP contribution in [0, 0.1) is 11.7 Å². The zero-order valence-electron chi connectivity index (χ0n) is 43.4. The Hall–Kier alpha value is -7.16. The zero-order chi connectivity index (χ0) is 55.6. The Labute approximate surface area is 456 Å². The van der Waals surface area contributed by atoms with Crippen LogP contribution in [0.15, 0.2) is 96.7 Å². The van der Waals surface area contributed by atoms with Crippen LogP contribution in [0.3, 0.4) is 0 Å². The summed E-state index contributed by atoms with van der Waals surface area (Å²) in [5.74, 6) is -3.34. The Bertz CT molecular complexity index is 2900. The fourth-order valence-corrected chi connectivity index (χ4v) is 10.8. The number of piperidine rings is 1. The molecule has 2 aromatic heterocycles. The smallest absolute Gasteiger partial charge is 0.219 e. The van der Waals surface area contributed by atoms with Crippen LogP contribution < -0.4 is 30.1 Å². The predicted octanol–water partition coefficient (Wildman–Crippen LogP) is 8.74. The van der Waals surface area contributed by atoms with Gasteiger partial charge in [0, 0.05) is 33.4 Å². The van der Waals surface area contributed by atoms with Gasteiger partial charge in [-0.2, -0.15) is 14.0 Å². The predicted molar refractivity (Wildman–Crippen MR) is 299 cm³/mol. The van der Waals surface area contributed by atoms with Crippen molar-refractivity contribution in [2.45, 2.75) is 82.2 Å². The second-order valence-corrected chi connectivity index (χ2v) is 23.8. The average Bonchev–Trinajstić information content (AvgIpc) is 3.84. The molecule has 1 aliphatic heterocycles. The molecule has 5 aromatic rings. The molecule has 0 aliphatic carbocycles. The molecule has 6 rings (SSSR count). The summed E-state index contributed by atoms with van der Waals surface area (Å²) >= 11 is -1.45. The Balaban J connectivity index is 0.959. The number of nitrogens with zero attached hydrogens (tertiary/aromatic N) is 4. The molecule has 7 N–H and O–H groups in total. The van der Waals surface area contributed by atoms with E-state index in [2.05, 4.69) is 41.8 Å². The van der Waals surface area contributed by atoms with Crippen molar-refractivity contribution in [2.75, 3.05) is 65.7 Å².